The van der Waals surface area contributed by atoms with Crippen LogP contribution in [0.1, 0.15) is 16.1 Å². The van der Waals surface area contributed by atoms with E-state index >= 15 is 0 Å². The number of para-hydroxylation sites is 1. The van der Waals surface area contributed by atoms with Crippen LogP contribution in [0.4, 0.5) is 13.2 Å². The molecule has 0 radical (unpaired) electrons. The van der Waals surface area contributed by atoms with Gasteiger partial charge in [0.2, 0.25) is 5.76 Å². The first-order valence-corrected chi connectivity index (χ1v) is 5.39. The van der Waals surface area contributed by atoms with Gasteiger partial charge in [0.1, 0.15) is 5.58 Å². The van der Waals surface area contributed by atoms with Gasteiger partial charge in [0.25, 0.3) is 0 Å². The molecule has 0 bridgehead atoms. The number of alkyl halides is 3. The van der Waals surface area contributed by atoms with Gasteiger partial charge >= 0.3 is 12.1 Å². The molecule has 7 heteroatoms. The van der Waals surface area contributed by atoms with Crippen LogP contribution < -0.4 is 5.32 Å². The Morgan fingerprint density at radius 1 is 1.32 bits per heavy atom. The molecule has 0 aliphatic heterocycles. The first-order valence-electron chi connectivity index (χ1n) is 5.39. The van der Waals surface area contributed by atoms with Gasteiger partial charge in [-0.25, -0.2) is 4.79 Å². The molecule has 0 aliphatic carbocycles. The standard InChI is InChI=1S/C12H10F3NO3/c13-12(14,15)6-16-5-8-7-3-1-2-4-9(7)19-10(8)11(17)18/h1-4,16H,5-6H2,(H,17,18). The van der Waals surface area contributed by atoms with Crippen molar-refractivity contribution in [3.05, 3.63) is 35.6 Å². The van der Waals surface area contributed by atoms with E-state index < -0.39 is 18.7 Å². The maximum atomic E-state index is 12.1. The summed E-state index contributed by atoms with van der Waals surface area (Å²) < 4.78 is 41.3. The van der Waals surface area contributed by atoms with Crippen molar-refractivity contribution in [2.24, 2.45) is 0 Å². The fraction of sp³-hybridized carbons (Fsp3) is 0.250. The summed E-state index contributed by atoms with van der Waals surface area (Å²) in [6, 6.07) is 6.49. The lowest BCUT2D eigenvalue weighted by Crippen LogP contribution is -2.28. The van der Waals surface area contributed by atoms with E-state index in [4.69, 9.17) is 9.52 Å². The molecule has 1 aromatic heterocycles. The van der Waals surface area contributed by atoms with Crippen LogP contribution in [0.3, 0.4) is 0 Å². The van der Waals surface area contributed by atoms with E-state index in [0.717, 1.165) is 0 Å². The number of aromatic carboxylic acids is 1. The largest absolute Gasteiger partial charge is 0.475 e. The highest BCUT2D eigenvalue weighted by Crippen LogP contribution is 2.26. The first kappa shape index (κ1) is 13.4. The predicted octanol–water partition coefficient (Wildman–Crippen LogP) is 2.78. The summed E-state index contributed by atoms with van der Waals surface area (Å²) >= 11 is 0. The van der Waals surface area contributed by atoms with Crippen LogP contribution in [0.25, 0.3) is 11.0 Å². The number of carboxylic acids is 1. The number of carbonyl (C=O) groups is 1. The van der Waals surface area contributed by atoms with Crippen molar-refractivity contribution in [2.75, 3.05) is 6.54 Å². The van der Waals surface area contributed by atoms with Gasteiger partial charge in [0.05, 0.1) is 6.54 Å². The van der Waals surface area contributed by atoms with E-state index in [2.05, 4.69) is 5.32 Å². The number of halogens is 3. The van der Waals surface area contributed by atoms with E-state index in [1.54, 1.807) is 24.3 Å². The second kappa shape index (κ2) is 4.93. The zero-order valence-corrected chi connectivity index (χ0v) is 9.62. The minimum atomic E-state index is -4.34. The summed E-state index contributed by atoms with van der Waals surface area (Å²) in [7, 11) is 0. The van der Waals surface area contributed by atoms with Crippen LogP contribution in [0.2, 0.25) is 0 Å². The summed E-state index contributed by atoms with van der Waals surface area (Å²) in [6.07, 6.45) is -4.34. The molecule has 1 aromatic carbocycles. The number of furan rings is 1. The molecule has 2 N–H and O–H groups in total. The molecular formula is C12H10F3NO3. The number of carboxylic acid groups (broad SMARTS) is 1. The molecule has 2 aromatic rings. The lowest BCUT2D eigenvalue weighted by Gasteiger charge is -2.07. The summed E-state index contributed by atoms with van der Waals surface area (Å²) in [5, 5.41) is 11.6. The van der Waals surface area contributed by atoms with Gasteiger partial charge < -0.3 is 14.8 Å². The number of fused-ring (bicyclic) bond motifs is 1. The Hall–Kier alpha value is -2.02. The number of rotatable bonds is 4. The van der Waals surface area contributed by atoms with Gasteiger partial charge in [-0.05, 0) is 6.07 Å². The molecule has 2 rings (SSSR count). The van der Waals surface area contributed by atoms with Crippen molar-refractivity contribution in [1.82, 2.24) is 5.32 Å². The summed E-state index contributed by atoms with van der Waals surface area (Å²) in [5.41, 5.74) is 0.552. The molecule has 0 unspecified atom stereocenters. The van der Waals surface area contributed by atoms with Gasteiger partial charge in [-0.15, -0.1) is 0 Å². The third-order valence-electron chi connectivity index (χ3n) is 2.52. The smallest absolute Gasteiger partial charge is 0.401 e. The van der Waals surface area contributed by atoms with Crippen molar-refractivity contribution in [2.45, 2.75) is 12.7 Å². The molecule has 102 valence electrons. The Balaban J connectivity index is 2.29. The van der Waals surface area contributed by atoms with Crippen molar-refractivity contribution >= 4 is 16.9 Å². The fourth-order valence-electron chi connectivity index (χ4n) is 1.78. The summed E-state index contributed by atoms with van der Waals surface area (Å²) in [4.78, 5) is 11.0. The number of hydrogen-bond acceptors (Lipinski definition) is 3. The van der Waals surface area contributed by atoms with Crippen molar-refractivity contribution in [1.29, 1.82) is 0 Å². The minimum Gasteiger partial charge on any atom is -0.475 e. The molecular weight excluding hydrogens is 263 g/mol. The van der Waals surface area contributed by atoms with Crippen molar-refractivity contribution < 1.29 is 27.5 Å². The summed E-state index contributed by atoms with van der Waals surface area (Å²) in [5.74, 6) is -1.64. The molecule has 0 amide bonds. The Labute approximate surface area is 105 Å². The van der Waals surface area contributed by atoms with E-state index in [1.165, 1.54) is 0 Å². The number of benzene rings is 1. The summed E-state index contributed by atoms with van der Waals surface area (Å²) in [6.45, 7) is -1.41. The maximum absolute atomic E-state index is 12.1. The van der Waals surface area contributed by atoms with Crippen molar-refractivity contribution in [3.8, 4) is 0 Å². The highest BCUT2D eigenvalue weighted by Gasteiger charge is 2.27. The minimum absolute atomic E-state index is 0.215. The molecule has 0 aliphatic rings. The lowest BCUT2D eigenvalue weighted by molar-refractivity contribution is -0.125. The highest BCUT2D eigenvalue weighted by molar-refractivity contribution is 5.95. The molecule has 19 heavy (non-hydrogen) atoms. The molecule has 0 atom stereocenters. The topological polar surface area (TPSA) is 62.5 Å². The first-order chi connectivity index (χ1) is 8.88. The quantitative estimate of drug-likeness (QED) is 0.899. The SMILES string of the molecule is O=C(O)c1oc2ccccc2c1CNCC(F)(F)F. The Morgan fingerprint density at radius 2 is 2.00 bits per heavy atom. The molecule has 0 fully saturated rings. The van der Waals surface area contributed by atoms with E-state index in [1.807, 2.05) is 0 Å². The molecule has 4 nitrogen and oxygen atoms in total. The average Bonchev–Trinajstić information content (AvgIpc) is 2.67. The average molecular weight is 273 g/mol. The van der Waals surface area contributed by atoms with E-state index in [9.17, 15) is 18.0 Å². The molecule has 0 spiro atoms. The third kappa shape index (κ3) is 3.05. The predicted molar refractivity (Wildman–Crippen MR) is 60.9 cm³/mol. The second-order valence-electron chi connectivity index (χ2n) is 3.93. The fourth-order valence-corrected chi connectivity index (χ4v) is 1.78. The van der Waals surface area contributed by atoms with Crippen LogP contribution in [0.5, 0.6) is 0 Å². The normalized spacial score (nSPS) is 11.9. The maximum Gasteiger partial charge on any atom is 0.401 e. The van der Waals surface area contributed by atoms with Gasteiger partial charge in [0, 0.05) is 17.5 Å². The van der Waals surface area contributed by atoms with Crippen LogP contribution in [-0.4, -0.2) is 23.8 Å². The van der Waals surface area contributed by atoms with Gasteiger partial charge in [-0.2, -0.15) is 13.2 Å². The van der Waals surface area contributed by atoms with Crippen molar-refractivity contribution in [3.63, 3.8) is 0 Å². The van der Waals surface area contributed by atoms with Gasteiger partial charge in [0.15, 0.2) is 0 Å². The van der Waals surface area contributed by atoms with Crippen LogP contribution in [0.15, 0.2) is 28.7 Å². The zero-order chi connectivity index (χ0) is 14.0. The lowest BCUT2D eigenvalue weighted by atomic mass is 10.1. The van der Waals surface area contributed by atoms with Crippen LogP contribution in [0, 0.1) is 0 Å². The monoisotopic (exact) mass is 273 g/mol. The third-order valence-corrected chi connectivity index (χ3v) is 2.52. The zero-order valence-electron chi connectivity index (χ0n) is 9.62. The highest BCUT2D eigenvalue weighted by atomic mass is 19.4. The van der Waals surface area contributed by atoms with Crippen LogP contribution in [-0.2, 0) is 6.54 Å². The van der Waals surface area contributed by atoms with Gasteiger partial charge in [-0.1, -0.05) is 18.2 Å². The Bertz CT molecular complexity index is 604. The second-order valence-corrected chi connectivity index (χ2v) is 3.93. The molecule has 0 saturated heterocycles. The van der Waals surface area contributed by atoms with E-state index in [-0.39, 0.29) is 17.9 Å². The van der Waals surface area contributed by atoms with Gasteiger partial charge in [-0.3, -0.25) is 0 Å². The number of nitrogens with one attached hydrogen (secondary N) is 1. The molecule has 0 saturated carbocycles. The van der Waals surface area contributed by atoms with Crippen LogP contribution >= 0.6 is 0 Å². The number of hydrogen-bond donors (Lipinski definition) is 2. The molecule has 1 heterocycles. The Kier molecular flexibility index (Phi) is 3.48. The van der Waals surface area contributed by atoms with E-state index in [0.29, 0.717) is 11.0 Å². The Morgan fingerprint density at radius 3 is 2.63 bits per heavy atom.